The van der Waals surface area contributed by atoms with Crippen molar-refractivity contribution in [3.05, 3.63) is 58.7 Å². The number of hydrogen-bond acceptors (Lipinski definition) is 4. The molecule has 3 rings (SSSR count). The van der Waals surface area contributed by atoms with Crippen LogP contribution in [0.3, 0.4) is 0 Å². The summed E-state index contributed by atoms with van der Waals surface area (Å²) in [5, 5.41) is 18.6. The molecule has 0 saturated carbocycles. The van der Waals surface area contributed by atoms with Crippen LogP contribution in [-0.4, -0.2) is 15.4 Å². The zero-order chi connectivity index (χ0) is 18.0. The third kappa shape index (κ3) is 3.58. The van der Waals surface area contributed by atoms with Crippen molar-refractivity contribution in [3.8, 4) is 17.5 Å². The summed E-state index contributed by atoms with van der Waals surface area (Å²) in [6.45, 7) is 0. The third-order valence-corrected chi connectivity index (χ3v) is 3.20. The second-order valence-corrected chi connectivity index (χ2v) is 4.94. The molecular formula is C16H8F4N4O. The van der Waals surface area contributed by atoms with Gasteiger partial charge in [0.15, 0.2) is 17.1 Å². The Morgan fingerprint density at radius 3 is 2.64 bits per heavy atom. The van der Waals surface area contributed by atoms with E-state index in [0.29, 0.717) is 11.8 Å². The molecule has 25 heavy (non-hydrogen) atoms. The number of halogens is 4. The van der Waals surface area contributed by atoms with Gasteiger partial charge in [-0.1, -0.05) is 6.08 Å². The van der Waals surface area contributed by atoms with E-state index in [4.69, 9.17) is 9.68 Å². The minimum Gasteiger partial charge on any atom is -0.455 e. The van der Waals surface area contributed by atoms with Gasteiger partial charge in [-0.15, -0.1) is 5.10 Å². The number of benzene rings is 1. The first-order valence-electron chi connectivity index (χ1n) is 6.84. The summed E-state index contributed by atoms with van der Waals surface area (Å²) in [6.07, 6.45) is -1.97. The van der Waals surface area contributed by atoms with Gasteiger partial charge in [0.25, 0.3) is 0 Å². The average molecular weight is 348 g/mol. The van der Waals surface area contributed by atoms with Crippen LogP contribution >= 0.6 is 0 Å². The van der Waals surface area contributed by atoms with Gasteiger partial charge in [0.2, 0.25) is 0 Å². The maximum Gasteiger partial charge on any atom is 0.416 e. The standard InChI is InChI=1S/C16H8F4N4O/c17-11-6-9(5-10(7-11)16(18,19)20)1-2-12-3-4-14(25-12)15-13(8-21)22-24-23-15/h1-7H,(H,22,23,24)/b2-1+. The summed E-state index contributed by atoms with van der Waals surface area (Å²) in [5.74, 6) is -0.434. The Balaban J connectivity index is 1.87. The number of hydrogen-bond donors (Lipinski definition) is 1. The second-order valence-electron chi connectivity index (χ2n) is 4.94. The lowest BCUT2D eigenvalue weighted by atomic mass is 10.1. The summed E-state index contributed by atoms with van der Waals surface area (Å²) in [4.78, 5) is 0. The molecule has 0 radical (unpaired) electrons. The summed E-state index contributed by atoms with van der Waals surface area (Å²) in [7, 11) is 0. The molecule has 0 aliphatic heterocycles. The van der Waals surface area contributed by atoms with Crippen molar-refractivity contribution in [1.82, 2.24) is 15.4 Å². The zero-order valence-electron chi connectivity index (χ0n) is 12.3. The molecule has 0 unspecified atom stereocenters. The fourth-order valence-electron chi connectivity index (χ4n) is 2.10. The van der Waals surface area contributed by atoms with E-state index in [1.165, 1.54) is 24.3 Å². The van der Waals surface area contributed by atoms with E-state index in [-0.39, 0.29) is 22.7 Å². The lowest BCUT2D eigenvalue weighted by Crippen LogP contribution is -2.05. The quantitative estimate of drug-likeness (QED) is 0.717. The molecule has 0 saturated heterocycles. The largest absolute Gasteiger partial charge is 0.455 e. The van der Waals surface area contributed by atoms with E-state index in [1.54, 1.807) is 0 Å². The molecule has 0 aliphatic rings. The van der Waals surface area contributed by atoms with E-state index < -0.39 is 17.6 Å². The van der Waals surface area contributed by atoms with Crippen LogP contribution in [0.2, 0.25) is 0 Å². The highest BCUT2D eigenvalue weighted by Gasteiger charge is 2.31. The van der Waals surface area contributed by atoms with Gasteiger partial charge in [-0.3, -0.25) is 0 Å². The molecule has 9 heteroatoms. The number of nitrogens with one attached hydrogen (secondary N) is 1. The molecule has 126 valence electrons. The predicted octanol–water partition coefficient (Wildman–Crippen LogP) is 4.26. The van der Waals surface area contributed by atoms with E-state index >= 15 is 0 Å². The monoisotopic (exact) mass is 348 g/mol. The molecule has 1 aromatic carbocycles. The highest BCUT2D eigenvalue weighted by molar-refractivity contribution is 5.69. The highest BCUT2D eigenvalue weighted by Crippen LogP contribution is 2.31. The Labute approximate surface area is 138 Å². The first-order valence-corrected chi connectivity index (χ1v) is 6.84. The molecule has 1 N–H and O–H groups in total. The smallest absolute Gasteiger partial charge is 0.416 e. The van der Waals surface area contributed by atoms with Crippen LogP contribution in [0.4, 0.5) is 17.6 Å². The number of aromatic nitrogens is 3. The summed E-state index contributed by atoms with van der Waals surface area (Å²) in [6, 6.07) is 7.13. The highest BCUT2D eigenvalue weighted by atomic mass is 19.4. The summed E-state index contributed by atoms with van der Waals surface area (Å²) in [5.41, 5.74) is -0.782. The lowest BCUT2D eigenvalue weighted by Gasteiger charge is -2.07. The maximum absolute atomic E-state index is 13.4. The van der Waals surface area contributed by atoms with E-state index in [9.17, 15) is 17.6 Å². The molecule has 0 aliphatic carbocycles. The Morgan fingerprint density at radius 2 is 1.92 bits per heavy atom. The molecule has 0 fully saturated rings. The fraction of sp³-hybridized carbons (Fsp3) is 0.0625. The topological polar surface area (TPSA) is 78.5 Å². The van der Waals surface area contributed by atoms with Gasteiger partial charge in [0.1, 0.15) is 17.6 Å². The molecule has 2 aromatic heterocycles. The summed E-state index contributed by atoms with van der Waals surface area (Å²) >= 11 is 0. The van der Waals surface area contributed by atoms with Crippen molar-refractivity contribution in [3.63, 3.8) is 0 Å². The van der Waals surface area contributed by atoms with Gasteiger partial charge in [0, 0.05) is 0 Å². The molecule has 0 atom stereocenters. The fourth-order valence-corrected chi connectivity index (χ4v) is 2.10. The van der Waals surface area contributed by atoms with Crippen LogP contribution in [-0.2, 0) is 6.18 Å². The maximum atomic E-state index is 13.4. The average Bonchev–Trinajstić information content (AvgIpc) is 3.20. The Kier molecular flexibility index (Phi) is 4.10. The molecular weight excluding hydrogens is 340 g/mol. The van der Waals surface area contributed by atoms with E-state index in [2.05, 4.69) is 15.4 Å². The van der Waals surface area contributed by atoms with Gasteiger partial charge < -0.3 is 4.42 Å². The van der Waals surface area contributed by atoms with Crippen LogP contribution in [0.1, 0.15) is 22.6 Å². The number of H-pyrrole nitrogens is 1. The molecule has 5 nitrogen and oxygen atoms in total. The van der Waals surface area contributed by atoms with Gasteiger partial charge in [-0.05, 0) is 42.0 Å². The van der Waals surface area contributed by atoms with Crippen molar-refractivity contribution in [2.75, 3.05) is 0 Å². The normalized spacial score (nSPS) is 11.8. The van der Waals surface area contributed by atoms with Crippen molar-refractivity contribution >= 4 is 12.2 Å². The minimum atomic E-state index is -4.64. The molecule has 0 amide bonds. The first-order chi connectivity index (χ1) is 11.9. The minimum absolute atomic E-state index is 0.0319. The zero-order valence-corrected chi connectivity index (χ0v) is 12.3. The van der Waals surface area contributed by atoms with Crippen molar-refractivity contribution < 1.29 is 22.0 Å². The second kappa shape index (κ2) is 6.24. The molecule has 2 heterocycles. The Morgan fingerprint density at radius 1 is 1.12 bits per heavy atom. The third-order valence-electron chi connectivity index (χ3n) is 3.20. The number of furan rings is 1. The van der Waals surface area contributed by atoms with E-state index in [1.807, 2.05) is 6.07 Å². The Hall–Kier alpha value is -3.41. The lowest BCUT2D eigenvalue weighted by molar-refractivity contribution is -0.137. The van der Waals surface area contributed by atoms with Crippen LogP contribution in [0.15, 0.2) is 34.7 Å². The van der Waals surface area contributed by atoms with Crippen molar-refractivity contribution in [2.45, 2.75) is 6.18 Å². The number of nitriles is 1. The molecule has 0 bridgehead atoms. The first kappa shape index (κ1) is 16.4. The number of nitrogens with zero attached hydrogens (tertiary/aromatic N) is 3. The van der Waals surface area contributed by atoms with Crippen LogP contribution in [0.25, 0.3) is 23.6 Å². The Bertz CT molecular complexity index is 979. The number of alkyl halides is 3. The molecule has 3 aromatic rings. The van der Waals surface area contributed by atoms with Crippen LogP contribution in [0.5, 0.6) is 0 Å². The van der Waals surface area contributed by atoms with Crippen LogP contribution in [0, 0.1) is 17.1 Å². The summed E-state index contributed by atoms with van der Waals surface area (Å²) < 4.78 is 56.9. The van der Waals surface area contributed by atoms with Gasteiger partial charge in [-0.2, -0.15) is 28.7 Å². The van der Waals surface area contributed by atoms with Gasteiger partial charge in [0.05, 0.1) is 5.56 Å². The van der Waals surface area contributed by atoms with E-state index in [0.717, 1.165) is 12.1 Å². The van der Waals surface area contributed by atoms with Crippen molar-refractivity contribution in [1.29, 1.82) is 5.26 Å². The SMILES string of the molecule is N#Cc1n[nH]nc1-c1ccc(/C=C/c2cc(F)cc(C(F)(F)F)c2)o1. The number of rotatable bonds is 3. The van der Waals surface area contributed by atoms with Crippen molar-refractivity contribution in [2.24, 2.45) is 0 Å². The van der Waals surface area contributed by atoms with Gasteiger partial charge in [-0.25, -0.2) is 4.39 Å². The number of aromatic amines is 1. The van der Waals surface area contributed by atoms with Crippen LogP contribution < -0.4 is 0 Å². The molecule has 0 spiro atoms. The van der Waals surface area contributed by atoms with Gasteiger partial charge >= 0.3 is 6.18 Å². The predicted molar refractivity (Wildman–Crippen MR) is 79.1 cm³/mol.